The van der Waals surface area contributed by atoms with Crippen LogP contribution in [0.25, 0.3) is 11.1 Å². The zero-order valence-electron chi connectivity index (χ0n) is 38.5. The lowest BCUT2D eigenvalue weighted by Crippen LogP contribution is -2.55. The Kier molecular flexibility index (Phi) is 24.8. The molecule has 0 saturated heterocycles. The Labute approximate surface area is 375 Å². The smallest absolute Gasteiger partial charge is 0.242 e. The molecule has 2 aromatic rings. The van der Waals surface area contributed by atoms with Gasteiger partial charge in [0.15, 0.2) is 0 Å². The maximum atomic E-state index is 14.1. The molecule has 0 radical (unpaired) electrons. The van der Waals surface area contributed by atoms with Crippen LogP contribution in [-0.4, -0.2) is 146 Å². The zero-order valence-corrected chi connectivity index (χ0v) is 38.5. The van der Waals surface area contributed by atoms with Gasteiger partial charge in [-0.05, 0) is 154 Å². The van der Waals surface area contributed by atoms with Gasteiger partial charge in [-0.15, -0.1) is 0 Å². The minimum absolute atomic E-state index is 0.0289. The molecule has 12 N–H and O–H groups in total. The van der Waals surface area contributed by atoms with Crippen molar-refractivity contribution in [3.8, 4) is 16.9 Å². The molecule has 352 valence electrons. The van der Waals surface area contributed by atoms with Crippen LogP contribution in [0, 0.1) is 0 Å². The molecule has 0 saturated carbocycles. The van der Waals surface area contributed by atoms with Gasteiger partial charge in [-0.2, -0.15) is 0 Å². The highest BCUT2D eigenvalue weighted by atomic mass is 16.3. The highest BCUT2D eigenvalue weighted by Crippen LogP contribution is 2.28. The number of nitrogens with one attached hydrogen (secondary N) is 11. The highest BCUT2D eigenvalue weighted by molar-refractivity contribution is 5.91. The Bertz CT molecular complexity index is 1710. The van der Waals surface area contributed by atoms with Gasteiger partial charge in [-0.25, -0.2) is 0 Å². The Balaban J connectivity index is 1.73. The Morgan fingerprint density at radius 2 is 1.38 bits per heavy atom. The average molecular weight is 880 g/mol. The molecule has 6 atom stereocenters. The molecule has 17 heteroatoms. The van der Waals surface area contributed by atoms with Crippen LogP contribution in [0.2, 0.25) is 0 Å². The second-order valence-electron chi connectivity index (χ2n) is 16.5. The lowest BCUT2D eigenvalue weighted by molar-refractivity contribution is -0.131. The molecule has 1 heterocycles. The van der Waals surface area contributed by atoms with Crippen LogP contribution in [0.3, 0.4) is 0 Å². The summed E-state index contributed by atoms with van der Waals surface area (Å²) in [7, 11) is 11.0. The first-order valence-electron chi connectivity index (χ1n) is 22.8. The molecule has 1 aliphatic heterocycles. The van der Waals surface area contributed by atoms with Gasteiger partial charge in [0.05, 0.1) is 6.04 Å². The van der Waals surface area contributed by atoms with E-state index in [-0.39, 0.29) is 48.4 Å². The molecule has 0 aromatic heterocycles. The number of carbonyl (C=O) groups excluding carboxylic acids is 5. The van der Waals surface area contributed by atoms with E-state index in [0.29, 0.717) is 83.1 Å². The van der Waals surface area contributed by atoms with Crippen LogP contribution >= 0.6 is 0 Å². The first-order valence-corrected chi connectivity index (χ1v) is 22.8. The van der Waals surface area contributed by atoms with Crippen molar-refractivity contribution >= 4 is 29.5 Å². The second-order valence-corrected chi connectivity index (χ2v) is 16.5. The quantitative estimate of drug-likeness (QED) is 0.0539. The number of aromatic hydroxyl groups is 1. The number of rotatable bonds is 27. The summed E-state index contributed by atoms with van der Waals surface area (Å²) >= 11 is 0. The van der Waals surface area contributed by atoms with Gasteiger partial charge < -0.3 is 63.6 Å². The minimum atomic E-state index is -0.885. The van der Waals surface area contributed by atoms with E-state index in [0.717, 1.165) is 36.1 Å². The van der Waals surface area contributed by atoms with Crippen LogP contribution in [0.1, 0.15) is 75.3 Å². The summed E-state index contributed by atoms with van der Waals surface area (Å²) in [5, 5.41) is 44.6. The van der Waals surface area contributed by atoms with Gasteiger partial charge in [0.1, 0.15) is 17.8 Å². The molecule has 17 nitrogen and oxygen atoms in total. The number of amides is 5. The predicted molar refractivity (Wildman–Crippen MR) is 249 cm³/mol. The molecule has 63 heavy (non-hydrogen) atoms. The molecule has 2 aromatic carbocycles. The Morgan fingerprint density at radius 3 is 2.08 bits per heavy atom. The van der Waals surface area contributed by atoms with Crippen LogP contribution in [0.5, 0.6) is 5.75 Å². The fraction of sp³-hybridized carbons (Fsp3) is 0.630. The molecular formula is C46H77N11O6. The van der Waals surface area contributed by atoms with E-state index in [1.807, 2.05) is 71.6 Å². The van der Waals surface area contributed by atoms with Crippen molar-refractivity contribution in [3.63, 3.8) is 0 Å². The summed E-state index contributed by atoms with van der Waals surface area (Å²) in [5.74, 6) is -1.44. The number of phenols is 1. The number of carbonyl (C=O) groups is 5. The van der Waals surface area contributed by atoms with E-state index in [1.54, 1.807) is 13.1 Å². The van der Waals surface area contributed by atoms with Crippen molar-refractivity contribution < 1.29 is 29.1 Å². The van der Waals surface area contributed by atoms with Crippen molar-refractivity contribution in [1.29, 1.82) is 0 Å². The first kappa shape index (κ1) is 52.7. The summed E-state index contributed by atoms with van der Waals surface area (Å²) in [6.45, 7) is 3.14. The van der Waals surface area contributed by atoms with Crippen molar-refractivity contribution in [3.05, 3.63) is 53.6 Å². The fourth-order valence-corrected chi connectivity index (χ4v) is 7.80. The molecule has 0 aliphatic carbocycles. The van der Waals surface area contributed by atoms with Crippen LogP contribution < -0.4 is 58.5 Å². The summed E-state index contributed by atoms with van der Waals surface area (Å²) in [6.07, 6.45) is 5.99. The van der Waals surface area contributed by atoms with Crippen molar-refractivity contribution in [2.45, 2.75) is 113 Å². The molecule has 5 amide bonds. The van der Waals surface area contributed by atoms with Crippen LogP contribution in [-0.2, 0) is 36.8 Å². The molecule has 0 spiro atoms. The standard InChI is InChI=1S/C46H77N11O6/c1-47-20-8-15-36(51-5)30-54-42(59)28-35(50-4)14-9-23-53-44(61)38(16-10-21-48-2)56-43(60)29-37-25-31-12-7-13-32(24-31)33-18-19-41(58)34(26-33)27-40(52-6)46(63)57-39(45(62)55-37)17-11-22-49-3/h7,12-13,18-19,24,26,35-40,47-52,58H,8-11,14-17,20-23,25,27-30H2,1-6H3,(H,53,61)(H,54,59)(H,55,62)(H,56,60)(H,57,63)/t35-,36-,37-,38-,39-,40-/m0/s1. The number of phenolic OH excluding ortho intramolecular Hbond substituents is 1. The largest absolute Gasteiger partial charge is 0.508 e. The molecule has 0 unspecified atom stereocenters. The Hall–Kier alpha value is -4.65. The SMILES string of the molecule is CNCCC[C@@H](CNC(=O)C[C@H](CCCNC(=O)[C@H](CCCNC)NC(=O)C[C@@H]1Cc2cccc(c2)-c2ccc(O)c(c2)C[C@H](NC)C(=O)N[C@@H](CCCNC)C(=O)N1)NC)NC. The van der Waals surface area contributed by atoms with E-state index in [1.165, 1.54) is 0 Å². The topological polar surface area (TPSA) is 238 Å². The van der Waals surface area contributed by atoms with E-state index in [4.69, 9.17) is 0 Å². The van der Waals surface area contributed by atoms with Gasteiger partial charge in [-0.1, -0.05) is 30.3 Å². The zero-order chi connectivity index (χ0) is 46.0. The monoisotopic (exact) mass is 880 g/mol. The number of likely N-dealkylation sites (N-methyl/N-ethyl adjacent to an activating group) is 2. The summed E-state index contributed by atoms with van der Waals surface area (Å²) in [6, 6.07) is 10.2. The summed E-state index contributed by atoms with van der Waals surface area (Å²) < 4.78 is 0. The van der Waals surface area contributed by atoms with Crippen molar-refractivity contribution in [1.82, 2.24) is 58.5 Å². The van der Waals surface area contributed by atoms with Gasteiger partial charge in [-0.3, -0.25) is 24.0 Å². The number of benzene rings is 2. The molecule has 4 bridgehead atoms. The van der Waals surface area contributed by atoms with Gasteiger partial charge in [0.25, 0.3) is 0 Å². The van der Waals surface area contributed by atoms with Gasteiger partial charge >= 0.3 is 0 Å². The van der Waals surface area contributed by atoms with E-state index in [2.05, 4.69) is 58.5 Å². The maximum Gasteiger partial charge on any atom is 0.242 e. The first-order chi connectivity index (χ1) is 30.4. The predicted octanol–water partition coefficient (Wildman–Crippen LogP) is 0.168. The summed E-state index contributed by atoms with van der Waals surface area (Å²) in [5.41, 5.74) is 3.20. The van der Waals surface area contributed by atoms with Crippen molar-refractivity contribution in [2.75, 3.05) is 75.0 Å². The second kappa shape index (κ2) is 29.7. The fourth-order valence-electron chi connectivity index (χ4n) is 7.80. The summed E-state index contributed by atoms with van der Waals surface area (Å²) in [4.78, 5) is 68.0. The van der Waals surface area contributed by atoms with Gasteiger partial charge in [0.2, 0.25) is 29.5 Å². The van der Waals surface area contributed by atoms with E-state index < -0.39 is 36.0 Å². The molecule has 3 rings (SSSR count). The lowest BCUT2D eigenvalue weighted by atomic mass is 9.95. The van der Waals surface area contributed by atoms with E-state index >= 15 is 0 Å². The van der Waals surface area contributed by atoms with Gasteiger partial charge in [0, 0.05) is 50.5 Å². The number of fused-ring (bicyclic) bond motifs is 5. The third kappa shape index (κ3) is 19.3. The molecule has 0 fully saturated rings. The van der Waals surface area contributed by atoms with Crippen molar-refractivity contribution in [2.24, 2.45) is 0 Å². The number of hydrogen-bond acceptors (Lipinski definition) is 12. The minimum Gasteiger partial charge on any atom is -0.508 e. The Morgan fingerprint density at radius 1 is 0.714 bits per heavy atom. The van der Waals surface area contributed by atoms with Crippen LogP contribution in [0.4, 0.5) is 0 Å². The third-order valence-corrected chi connectivity index (χ3v) is 11.6. The van der Waals surface area contributed by atoms with Crippen LogP contribution in [0.15, 0.2) is 42.5 Å². The molecular weight excluding hydrogens is 803 g/mol. The van der Waals surface area contributed by atoms with E-state index in [9.17, 15) is 29.1 Å². The molecule has 1 aliphatic rings. The average Bonchev–Trinajstić information content (AvgIpc) is 3.27. The number of hydrogen-bond donors (Lipinski definition) is 12. The lowest BCUT2D eigenvalue weighted by Gasteiger charge is -2.26. The highest BCUT2D eigenvalue weighted by Gasteiger charge is 2.29. The maximum absolute atomic E-state index is 14.1. The normalized spacial score (nSPS) is 18.2. The third-order valence-electron chi connectivity index (χ3n) is 11.6.